The number of pyridine rings is 2. The molecular formula is C21H23N5O3S. The van der Waals surface area contributed by atoms with Crippen molar-refractivity contribution in [2.75, 3.05) is 25.5 Å². The van der Waals surface area contributed by atoms with Crippen LogP contribution < -0.4 is 5.32 Å². The number of carbonyl (C=O) groups is 2. The van der Waals surface area contributed by atoms with E-state index in [4.69, 9.17) is 4.74 Å². The molecule has 3 aromatic rings. The fourth-order valence-corrected chi connectivity index (χ4v) is 3.75. The number of nitrogens with zero attached hydrogens (tertiary/aromatic N) is 4. The highest BCUT2D eigenvalue weighted by Crippen LogP contribution is 2.35. The molecule has 9 heteroatoms. The van der Waals surface area contributed by atoms with Crippen LogP contribution in [-0.2, 0) is 4.74 Å². The summed E-state index contributed by atoms with van der Waals surface area (Å²) in [6, 6.07) is 3.28. The van der Waals surface area contributed by atoms with Gasteiger partial charge in [-0.2, -0.15) is 0 Å². The largest absolute Gasteiger partial charge is 0.465 e. The number of thiazole rings is 1. The summed E-state index contributed by atoms with van der Waals surface area (Å²) in [6.45, 7) is 6.97. The summed E-state index contributed by atoms with van der Waals surface area (Å²) in [4.78, 5) is 39.2. The molecule has 3 aromatic heterocycles. The average Bonchev–Trinajstić information content (AvgIpc) is 3.20. The molecule has 0 spiro atoms. The SMILES string of the molecule is CCN(CC)C(=O)Nc1cc(-c2nc(C)cs2)c(-c2cncc(C(=O)OC)c2)cn1. The number of hydrogen-bond acceptors (Lipinski definition) is 7. The molecule has 0 unspecified atom stereocenters. The number of esters is 1. The van der Waals surface area contributed by atoms with Crippen LogP contribution in [0.2, 0.25) is 0 Å². The Morgan fingerprint density at radius 2 is 1.90 bits per heavy atom. The van der Waals surface area contributed by atoms with Gasteiger partial charge in [0.15, 0.2) is 0 Å². The summed E-state index contributed by atoms with van der Waals surface area (Å²) in [5.41, 5.74) is 3.49. The van der Waals surface area contributed by atoms with Gasteiger partial charge in [-0.15, -0.1) is 11.3 Å². The first-order valence-corrected chi connectivity index (χ1v) is 10.4. The molecule has 3 rings (SSSR count). The summed E-state index contributed by atoms with van der Waals surface area (Å²) in [5.74, 6) is -0.0392. The molecule has 0 aliphatic carbocycles. The van der Waals surface area contributed by atoms with Crippen molar-refractivity contribution in [2.24, 2.45) is 0 Å². The topological polar surface area (TPSA) is 97.3 Å². The molecule has 0 saturated carbocycles. The predicted molar refractivity (Wildman–Crippen MR) is 117 cm³/mol. The molecule has 1 N–H and O–H groups in total. The van der Waals surface area contributed by atoms with Gasteiger partial charge >= 0.3 is 12.0 Å². The van der Waals surface area contributed by atoms with Crippen LogP contribution >= 0.6 is 11.3 Å². The van der Waals surface area contributed by atoms with Gasteiger partial charge in [-0.1, -0.05) is 0 Å². The van der Waals surface area contributed by atoms with Gasteiger partial charge in [0.05, 0.1) is 12.7 Å². The molecule has 0 radical (unpaired) electrons. The number of urea groups is 1. The Hall–Kier alpha value is -3.33. The van der Waals surface area contributed by atoms with Crippen molar-refractivity contribution in [3.63, 3.8) is 0 Å². The minimum atomic E-state index is -0.466. The lowest BCUT2D eigenvalue weighted by Crippen LogP contribution is -2.34. The predicted octanol–water partition coefficient (Wildman–Crippen LogP) is 4.24. The first-order valence-electron chi connectivity index (χ1n) is 9.49. The highest BCUT2D eigenvalue weighted by Gasteiger charge is 2.17. The molecule has 0 aromatic carbocycles. The van der Waals surface area contributed by atoms with E-state index in [-0.39, 0.29) is 6.03 Å². The smallest absolute Gasteiger partial charge is 0.339 e. The second kappa shape index (κ2) is 9.45. The van der Waals surface area contributed by atoms with E-state index in [1.54, 1.807) is 29.4 Å². The summed E-state index contributed by atoms with van der Waals surface area (Å²) in [7, 11) is 1.33. The lowest BCUT2D eigenvalue weighted by molar-refractivity contribution is 0.0600. The normalized spacial score (nSPS) is 10.5. The summed E-state index contributed by atoms with van der Waals surface area (Å²) in [6.07, 6.45) is 4.76. The van der Waals surface area contributed by atoms with Gasteiger partial charge in [-0.3, -0.25) is 10.3 Å². The van der Waals surface area contributed by atoms with Crippen molar-refractivity contribution in [3.05, 3.63) is 47.4 Å². The van der Waals surface area contributed by atoms with E-state index >= 15 is 0 Å². The van der Waals surface area contributed by atoms with Crippen molar-refractivity contribution in [1.29, 1.82) is 0 Å². The molecule has 0 fully saturated rings. The first kappa shape index (κ1) is 21.4. The van der Waals surface area contributed by atoms with E-state index in [2.05, 4.69) is 20.3 Å². The third-order valence-electron chi connectivity index (χ3n) is 4.51. The second-order valence-electron chi connectivity index (χ2n) is 6.47. The molecule has 2 amide bonds. The van der Waals surface area contributed by atoms with Gasteiger partial charge in [0.1, 0.15) is 10.8 Å². The minimum Gasteiger partial charge on any atom is -0.465 e. The molecule has 0 bridgehead atoms. The van der Waals surface area contributed by atoms with Crippen molar-refractivity contribution >= 4 is 29.2 Å². The van der Waals surface area contributed by atoms with Crippen LogP contribution in [0.1, 0.15) is 29.9 Å². The molecule has 30 heavy (non-hydrogen) atoms. The van der Waals surface area contributed by atoms with Crippen molar-refractivity contribution in [3.8, 4) is 21.7 Å². The fourth-order valence-electron chi connectivity index (χ4n) is 2.92. The van der Waals surface area contributed by atoms with Crippen LogP contribution in [-0.4, -0.2) is 52.1 Å². The molecule has 0 aliphatic rings. The van der Waals surface area contributed by atoms with Crippen LogP contribution in [0.15, 0.2) is 36.1 Å². The van der Waals surface area contributed by atoms with E-state index in [9.17, 15) is 9.59 Å². The molecule has 0 atom stereocenters. The third kappa shape index (κ3) is 4.62. The number of rotatable bonds is 6. The number of amides is 2. The standard InChI is InChI=1S/C21H23N5O3S/c1-5-26(6-2)21(28)25-18-8-16(19-24-13(3)12-30-19)17(11-23-18)14-7-15(10-22-9-14)20(27)29-4/h7-12H,5-6H2,1-4H3,(H,23,25,28). The van der Waals surface area contributed by atoms with Crippen LogP contribution in [0.4, 0.5) is 10.6 Å². The molecule has 0 saturated heterocycles. The maximum atomic E-state index is 12.4. The zero-order chi connectivity index (χ0) is 21.7. The molecule has 0 aliphatic heterocycles. The maximum absolute atomic E-state index is 12.4. The highest BCUT2D eigenvalue weighted by atomic mass is 32.1. The van der Waals surface area contributed by atoms with Gasteiger partial charge in [-0.05, 0) is 32.9 Å². The second-order valence-corrected chi connectivity index (χ2v) is 7.32. The van der Waals surface area contributed by atoms with E-state index in [0.29, 0.717) is 30.0 Å². The van der Waals surface area contributed by atoms with E-state index in [1.165, 1.54) is 24.6 Å². The number of methoxy groups -OCH3 is 1. The number of hydrogen-bond donors (Lipinski definition) is 1. The van der Waals surface area contributed by atoms with E-state index < -0.39 is 5.97 Å². The summed E-state index contributed by atoms with van der Waals surface area (Å²) < 4.78 is 4.79. The number of ether oxygens (including phenoxy) is 1. The lowest BCUT2D eigenvalue weighted by atomic mass is 10.0. The van der Waals surface area contributed by atoms with Crippen LogP contribution in [0.5, 0.6) is 0 Å². The summed E-state index contributed by atoms with van der Waals surface area (Å²) >= 11 is 1.50. The average molecular weight is 426 g/mol. The number of anilines is 1. The molecular weight excluding hydrogens is 402 g/mol. The Bertz CT molecular complexity index is 1060. The zero-order valence-corrected chi connectivity index (χ0v) is 18.1. The summed E-state index contributed by atoms with van der Waals surface area (Å²) in [5, 5.41) is 5.58. The quantitative estimate of drug-likeness (QED) is 0.594. The van der Waals surface area contributed by atoms with Crippen molar-refractivity contribution in [2.45, 2.75) is 20.8 Å². The van der Waals surface area contributed by atoms with Crippen LogP contribution in [0, 0.1) is 6.92 Å². The molecule has 156 valence electrons. The van der Waals surface area contributed by atoms with Gasteiger partial charge < -0.3 is 9.64 Å². The number of nitrogens with one attached hydrogen (secondary N) is 1. The number of carbonyl (C=O) groups excluding carboxylic acids is 2. The Morgan fingerprint density at radius 1 is 1.13 bits per heavy atom. The number of aryl methyl sites for hydroxylation is 1. The maximum Gasteiger partial charge on any atom is 0.339 e. The highest BCUT2D eigenvalue weighted by molar-refractivity contribution is 7.13. The van der Waals surface area contributed by atoms with Gasteiger partial charge in [0, 0.05) is 59.4 Å². The lowest BCUT2D eigenvalue weighted by Gasteiger charge is -2.19. The zero-order valence-electron chi connectivity index (χ0n) is 17.3. The number of aromatic nitrogens is 3. The van der Waals surface area contributed by atoms with Gasteiger partial charge in [0.2, 0.25) is 0 Å². The Labute approximate surface area is 179 Å². The third-order valence-corrected chi connectivity index (χ3v) is 5.50. The minimum absolute atomic E-state index is 0.212. The van der Waals surface area contributed by atoms with Crippen LogP contribution in [0.3, 0.4) is 0 Å². The Kier molecular flexibility index (Phi) is 6.73. The van der Waals surface area contributed by atoms with E-state index in [0.717, 1.165) is 21.8 Å². The van der Waals surface area contributed by atoms with Crippen LogP contribution in [0.25, 0.3) is 21.7 Å². The fraction of sp³-hybridized carbons (Fsp3) is 0.286. The Morgan fingerprint density at radius 3 is 2.53 bits per heavy atom. The van der Waals surface area contributed by atoms with Gasteiger partial charge in [0.25, 0.3) is 0 Å². The van der Waals surface area contributed by atoms with Crippen molar-refractivity contribution < 1.29 is 14.3 Å². The first-order chi connectivity index (χ1) is 14.5. The van der Waals surface area contributed by atoms with Crippen molar-refractivity contribution in [1.82, 2.24) is 19.9 Å². The van der Waals surface area contributed by atoms with E-state index in [1.807, 2.05) is 26.2 Å². The monoisotopic (exact) mass is 425 g/mol. The Balaban J connectivity index is 2.06. The molecule has 3 heterocycles. The molecule has 8 nitrogen and oxygen atoms in total. The van der Waals surface area contributed by atoms with Gasteiger partial charge in [-0.25, -0.2) is 19.6 Å².